The summed E-state index contributed by atoms with van der Waals surface area (Å²) in [5.41, 5.74) is 7.92. The lowest BCUT2D eigenvalue weighted by molar-refractivity contribution is 0.0519. The van der Waals surface area contributed by atoms with Crippen molar-refractivity contribution in [2.24, 2.45) is 0 Å². The van der Waals surface area contributed by atoms with E-state index in [2.05, 4.69) is 42.8 Å². The molecule has 0 aliphatic carbocycles. The van der Waals surface area contributed by atoms with Crippen molar-refractivity contribution in [3.8, 4) is 6.01 Å². The van der Waals surface area contributed by atoms with Crippen LogP contribution in [0, 0.1) is 0 Å². The number of anilines is 1. The number of aromatic nitrogens is 5. The van der Waals surface area contributed by atoms with Crippen LogP contribution >= 0.6 is 15.9 Å². The Morgan fingerprint density at radius 1 is 1.21 bits per heavy atom. The molecule has 3 aromatic rings. The SMILES string of the molecule is CCCCOc1nc(N)c2nc(Br)n(Cc3cccc(C(=O)OCC)n3)c2n1. The Balaban J connectivity index is 1.93. The van der Waals surface area contributed by atoms with E-state index in [0.29, 0.717) is 41.3 Å². The summed E-state index contributed by atoms with van der Waals surface area (Å²) in [6.45, 7) is 4.96. The summed E-state index contributed by atoms with van der Waals surface area (Å²) in [6.07, 6.45) is 1.90. The molecule has 0 amide bonds. The van der Waals surface area contributed by atoms with Gasteiger partial charge in [0.05, 0.1) is 25.5 Å². The summed E-state index contributed by atoms with van der Waals surface area (Å²) in [5, 5.41) is 0. The number of ether oxygens (including phenoxy) is 2. The van der Waals surface area contributed by atoms with Crippen molar-refractivity contribution in [2.45, 2.75) is 33.2 Å². The molecule has 0 fully saturated rings. The fraction of sp³-hybridized carbons (Fsp3) is 0.389. The molecule has 0 bridgehead atoms. The second kappa shape index (κ2) is 8.96. The zero-order chi connectivity index (χ0) is 20.1. The summed E-state index contributed by atoms with van der Waals surface area (Å²) in [7, 11) is 0. The normalized spacial score (nSPS) is 11.0. The van der Waals surface area contributed by atoms with E-state index in [4.69, 9.17) is 15.2 Å². The number of fused-ring (bicyclic) bond motifs is 1. The maximum Gasteiger partial charge on any atom is 0.356 e. The number of rotatable bonds is 8. The number of carbonyl (C=O) groups excluding carboxylic acids is 1. The number of esters is 1. The monoisotopic (exact) mass is 448 g/mol. The minimum absolute atomic E-state index is 0.209. The fourth-order valence-corrected chi connectivity index (χ4v) is 3.01. The predicted molar refractivity (Wildman–Crippen MR) is 107 cm³/mol. The van der Waals surface area contributed by atoms with Crippen molar-refractivity contribution < 1.29 is 14.3 Å². The molecule has 3 heterocycles. The third-order valence-electron chi connectivity index (χ3n) is 3.90. The highest BCUT2D eigenvalue weighted by Gasteiger charge is 2.17. The lowest BCUT2D eigenvalue weighted by atomic mass is 10.3. The lowest BCUT2D eigenvalue weighted by Gasteiger charge is -2.08. The van der Waals surface area contributed by atoms with Gasteiger partial charge in [-0.25, -0.2) is 14.8 Å². The van der Waals surface area contributed by atoms with Crippen molar-refractivity contribution in [2.75, 3.05) is 18.9 Å². The molecule has 3 rings (SSSR count). The van der Waals surface area contributed by atoms with E-state index in [0.717, 1.165) is 12.8 Å². The van der Waals surface area contributed by atoms with E-state index in [1.165, 1.54) is 0 Å². The molecular formula is C18H21BrN6O3. The first-order valence-corrected chi connectivity index (χ1v) is 9.77. The van der Waals surface area contributed by atoms with Crippen LogP contribution in [0.25, 0.3) is 11.2 Å². The molecule has 28 heavy (non-hydrogen) atoms. The number of hydrogen-bond donors (Lipinski definition) is 1. The van der Waals surface area contributed by atoms with E-state index in [9.17, 15) is 4.79 Å². The van der Waals surface area contributed by atoms with Gasteiger partial charge in [-0.15, -0.1) is 0 Å². The molecule has 0 spiro atoms. The number of carbonyl (C=O) groups is 1. The number of halogens is 1. The first-order chi connectivity index (χ1) is 13.5. The van der Waals surface area contributed by atoms with Crippen molar-refractivity contribution in [3.05, 3.63) is 34.3 Å². The number of nitrogens with zero attached hydrogens (tertiary/aromatic N) is 5. The van der Waals surface area contributed by atoms with Gasteiger partial charge >= 0.3 is 12.0 Å². The number of unbranched alkanes of at least 4 members (excludes halogenated alkanes) is 1. The van der Waals surface area contributed by atoms with Crippen LogP contribution in [0.15, 0.2) is 22.9 Å². The Bertz CT molecular complexity index is 991. The molecule has 0 aliphatic rings. The molecule has 0 saturated carbocycles. The highest BCUT2D eigenvalue weighted by atomic mass is 79.9. The first-order valence-electron chi connectivity index (χ1n) is 8.98. The Morgan fingerprint density at radius 2 is 2.04 bits per heavy atom. The molecule has 0 saturated heterocycles. The van der Waals surface area contributed by atoms with Crippen molar-refractivity contribution in [1.82, 2.24) is 24.5 Å². The third kappa shape index (κ3) is 4.38. The van der Waals surface area contributed by atoms with Gasteiger partial charge in [-0.1, -0.05) is 19.4 Å². The summed E-state index contributed by atoms with van der Waals surface area (Å²) < 4.78 is 12.9. The Morgan fingerprint density at radius 3 is 2.79 bits per heavy atom. The maximum atomic E-state index is 11.9. The van der Waals surface area contributed by atoms with Gasteiger partial charge in [0.25, 0.3) is 0 Å². The Labute approximate surface area is 170 Å². The molecule has 10 heteroatoms. The van der Waals surface area contributed by atoms with E-state index in [-0.39, 0.29) is 17.5 Å². The van der Waals surface area contributed by atoms with Crippen molar-refractivity contribution in [1.29, 1.82) is 0 Å². The molecule has 3 aromatic heterocycles. The quantitative estimate of drug-likeness (QED) is 0.317. The Kier molecular flexibility index (Phi) is 6.40. The van der Waals surface area contributed by atoms with Crippen LogP contribution in [0.1, 0.15) is 42.9 Å². The highest BCUT2D eigenvalue weighted by molar-refractivity contribution is 9.10. The van der Waals surface area contributed by atoms with Gasteiger partial charge in [-0.2, -0.15) is 9.97 Å². The third-order valence-corrected chi connectivity index (χ3v) is 4.50. The van der Waals surface area contributed by atoms with Crippen LogP contribution in [-0.2, 0) is 11.3 Å². The molecule has 0 aliphatic heterocycles. The van der Waals surface area contributed by atoms with Crippen LogP contribution in [0.5, 0.6) is 6.01 Å². The lowest BCUT2D eigenvalue weighted by Crippen LogP contribution is -2.10. The minimum Gasteiger partial charge on any atom is -0.463 e. The van der Waals surface area contributed by atoms with E-state index in [1.54, 1.807) is 23.6 Å². The number of hydrogen-bond acceptors (Lipinski definition) is 8. The molecule has 0 unspecified atom stereocenters. The number of nitrogens with two attached hydrogens (primary N) is 1. The van der Waals surface area contributed by atoms with Gasteiger partial charge in [0.15, 0.2) is 21.7 Å². The molecule has 0 aromatic carbocycles. The van der Waals surface area contributed by atoms with E-state index >= 15 is 0 Å². The number of imidazole rings is 1. The zero-order valence-electron chi connectivity index (χ0n) is 15.7. The largest absolute Gasteiger partial charge is 0.463 e. The van der Waals surface area contributed by atoms with Crippen LogP contribution in [0.2, 0.25) is 0 Å². The van der Waals surface area contributed by atoms with Crippen LogP contribution < -0.4 is 10.5 Å². The first kappa shape index (κ1) is 20.0. The van der Waals surface area contributed by atoms with Gasteiger partial charge in [0.2, 0.25) is 0 Å². The summed E-state index contributed by atoms with van der Waals surface area (Å²) >= 11 is 3.43. The van der Waals surface area contributed by atoms with E-state index < -0.39 is 5.97 Å². The van der Waals surface area contributed by atoms with Gasteiger partial charge in [-0.05, 0) is 41.4 Å². The van der Waals surface area contributed by atoms with Crippen molar-refractivity contribution >= 4 is 38.9 Å². The molecule has 0 atom stereocenters. The Hall–Kier alpha value is -2.75. The fourth-order valence-electron chi connectivity index (χ4n) is 2.54. The van der Waals surface area contributed by atoms with Crippen LogP contribution in [0.4, 0.5) is 5.82 Å². The van der Waals surface area contributed by atoms with Gasteiger partial charge in [-0.3, -0.25) is 4.57 Å². The number of nitrogen functional groups attached to an aromatic ring is 1. The predicted octanol–water partition coefficient (Wildman–Crippen LogP) is 2.97. The molecule has 9 nitrogen and oxygen atoms in total. The standard InChI is InChI=1S/C18H21BrN6O3/c1-3-5-9-28-18-23-14(20)13-15(24-18)25(17(19)22-13)10-11-7-6-8-12(21-11)16(26)27-4-2/h6-8H,3-5,9-10H2,1-2H3,(H2,20,23,24). The number of pyridine rings is 1. The summed E-state index contributed by atoms with van der Waals surface area (Å²) in [5.74, 6) is -0.221. The molecular weight excluding hydrogens is 428 g/mol. The van der Waals surface area contributed by atoms with Crippen molar-refractivity contribution in [3.63, 3.8) is 0 Å². The van der Waals surface area contributed by atoms with Gasteiger partial charge in [0, 0.05) is 0 Å². The molecule has 148 valence electrons. The van der Waals surface area contributed by atoms with E-state index in [1.807, 2.05) is 6.07 Å². The second-order valence-electron chi connectivity index (χ2n) is 5.97. The second-order valence-corrected chi connectivity index (χ2v) is 6.68. The van der Waals surface area contributed by atoms with Crippen LogP contribution in [0.3, 0.4) is 0 Å². The summed E-state index contributed by atoms with van der Waals surface area (Å²) in [4.78, 5) is 29.3. The molecule has 0 radical (unpaired) electrons. The topological polar surface area (TPSA) is 118 Å². The average molecular weight is 449 g/mol. The highest BCUT2D eigenvalue weighted by Crippen LogP contribution is 2.25. The average Bonchev–Trinajstić information content (AvgIpc) is 2.99. The minimum atomic E-state index is -0.461. The smallest absolute Gasteiger partial charge is 0.356 e. The zero-order valence-corrected chi connectivity index (χ0v) is 17.3. The van der Waals surface area contributed by atoms with Gasteiger partial charge < -0.3 is 15.2 Å². The summed E-state index contributed by atoms with van der Waals surface area (Å²) in [6, 6.07) is 5.39. The maximum absolute atomic E-state index is 11.9. The molecule has 2 N–H and O–H groups in total. The van der Waals surface area contributed by atoms with Gasteiger partial charge in [0.1, 0.15) is 5.69 Å². The van der Waals surface area contributed by atoms with Crippen LogP contribution in [-0.4, -0.2) is 43.7 Å².